The summed E-state index contributed by atoms with van der Waals surface area (Å²) in [7, 11) is 0. The molecule has 2 atom stereocenters. The summed E-state index contributed by atoms with van der Waals surface area (Å²) in [6.45, 7) is 3.34. The van der Waals surface area contributed by atoms with Gasteiger partial charge in [0, 0.05) is 36.7 Å². The normalized spacial score (nSPS) is 25.2. The van der Waals surface area contributed by atoms with Crippen molar-refractivity contribution in [2.75, 3.05) is 6.54 Å². The number of hydrogen-bond donors (Lipinski definition) is 1. The minimum atomic E-state index is -1.06. The zero-order valence-corrected chi connectivity index (χ0v) is 9.75. The van der Waals surface area contributed by atoms with Crippen molar-refractivity contribution in [2.24, 2.45) is 0 Å². The molecular weight excluding hydrogens is 226 g/mol. The molecule has 0 saturated carbocycles. The van der Waals surface area contributed by atoms with Gasteiger partial charge < -0.3 is 0 Å². The van der Waals surface area contributed by atoms with Crippen LogP contribution in [0.2, 0.25) is 0 Å². The number of nitrogens with one attached hydrogen (secondary N) is 1. The standard InChI is InChI=1S/C10H15N3O4/c1-8(12(14)15)11-7-9-3-5-10(2,6-4-9)13(16)17/h3-5,8,11H,6-7H2,1-2H3. The predicted molar refractivity (Wildman–Crippen MR) is 61.7 cm³/mol. The van der Waals surface area contributed by atoms with Crippen LogP contribution in [0.3, 0.4) is 0 Å². The van der Waals surface area contributed by atoms with E-state index >= 15 is 0 Å². The second-order valence-corrected chi connectivity index (χ2v) is 4.27. The van der Waals surface area contributed by atoms with E-state index in [0.717, 1.165) is 5.57 Å². The molecule has 2 unspecified atom stereocenters. The first-order valence-corrected chi connectivity index (χ1v) is 5.25. The van der Waals surface area contributed by atoms with Crippen LogP contribution in [0.4, 0.5) is 0 Å². The Bertz CT molecular complexity index is 391. The maximum atomic E-state index is 10.8. The van der Waals surface area contributed by atoms with Crippen molar-refractivity contribution in [1.82, 2.24) is 5.32 Å². The van der Waals surface area contributed by atoms with Crippen molar-refractivity contribution in [2.45, 2.75) is 32.0 Å². The summed E-state index contributed by atoms with van der Waals surface area (Å²) < 4.78 is 0. The topological polar surface area (TPSA) is 98.3 Å². The minimum absolute atomic E-state index is 0.306. The molecule has 0 aromatic heterocycles. The van der Waals surface area contributed by atoms with E-state index in [1.807, 2.05) is 0 Å². The number of rotatable bonds is 5. The van der Waals surface area contributed by atoms with E-state index in [9.17, 15) is 20.2 Å². The third-order valence-electron chi connectivity index (χ3n) is 2.77. The lowest BCUT2D eigenvalue weighted by Crippen LogP contribution is -2.36. The van der Waals surface area contributed by atoms with Crippen LogP contribution in [0.5, 0.6) is 0 Å². The fourth-order valence-corrected chi connectivity index (χ4v) is 1.37. The fraction of sp³-hybridized carbons (Fsp3) is 0.600. The van der Waals surface area contributed by atoms with Gasteiger partial charge >= 0.3 is 0 Å². The van der Waals surface area contributed by atoms with Gasteiger partial charge in [-0.3, -0.25) is 25.5 Å². The Hall–Kier alpha value is -1.76. The van der Waals surface area contributed by atoms with Crippen LogP contribution in [0.1, 0.15) is 20.3 Å². The third-order valence-corrected chi connectivity index (χ3v) is 2.77. The highest BCUT2D eigenvalue weighted by molar-refractivity contribution is 5.28. The predicted octanol–water partition coefficient (Wildman–Crippen LogP) is 1.12. The Morgan fingerprint density at radius 3 is 2.59 bits per heavy atom. The lowest BCUT2D eigenvalue weighted by Gasteiger charge is -2.19. The van der Waals surface area contributed by atoms with Gasteiger partial charge in [0.15, 0.2) is 0 Å². The van der Waals surface area contributed by atoms with E-state index in [-0.39, 0.29) is 4.92 Å². The Morgan fingerprint density at radius 1 is 1.53 bits per heavy atom. The van der Waals surface area contributed by atoms with Crippen LogP contribution in [-0.4, -0.2) is 28.1 Å². The molecule has 1 aliphatic carbocycles. The lowest BCUT2D eigenvalue weighted by atomic mass is 9.91. The van der Waals surface area contributed by atoms with Crippen molar-refractivity contribution in [3.05, 3.63) is 44.0 Å². The highest BCUT2D eigenvalue weighted by Crippen LogP contribution is 2.23. The van der Waals surface area contributed by atoms with Crippen LogP contribution in [-0.2, 0) is 0 Å². The summed E-state index contributed by atoms with van der Waals surface area (Å²) >= 11 is 0. The zero-order chi connectivity index (χ0) is 13.1. The second kappa shape index (κ2) is 5.05. The molecular formula is C10H15N3O4. The molecule has 0 amide bonds. The Balaban J connectivity index is 2.51. The summed E-state index contributed by atoms with van der Waals surface area (Å²) in [6.07, 6.45) is 4.39. The number of hydrogen-bond acceptors (Lipinski definition) is 5. The molecule has 0 fully saturated rings. The molecule has 7 nitrogen and oxygen atoms in total. The third kappa shape index (κ3) is 3.35. The van der Waals surface area contributed by atoms with Crippen molar-refractivity contribution < 1.29 is 9.85 Å². The zero-order valence-electron chi connectivity index (χ0n) is 9.75. The largest absolute Gasteiger partial charge is 0.264 e. The van der Waals surface area contributed by atoms with Crippen molar-refractivity contribution >= 4 is 0 Å². The van der Waals surface area contributed by atoms with Gasteiger partial charge in [0.25, 0.3) is 6.17 Å². The average Bonchev–Trinajstić information content (AvgIpc) is 2.27. The first kappa shape index (κ1) is 13.3. The van der Waals surface area contributed by atoms with Gasteiger partial charge in [-0.15, -0.1) is 0 Å². The van der Waals surface area contributed by atoms with Gasteiger partial charge in [-0.05, 0) is 11.6 Å². The van der Waals surface area contributed by atoms with Crippen LogP contribution < -0.4 is 5.32 Å². The van der Waals surface area contributed by atoms with E-state index in [1.165, 1.54) is 13.0 Å². The van der Waals surface area contributed by atoms with Crippen LogP contribution >= 0.6 is 0 Å². The Labute approximate surface area is 98.5 Å². The quantitative estimate of drug-likeness (QED) is 0.441. The number of nitrogens with zero attached hydrogens (tertiary/aromatic N) is 2. The monoisotopic (exact) mass is 241 g/mol. The van der Waals surface area contributed by atoms with Gasteiger partial charge in [-0.1, -0.05) is 12.2 Å². The summed E-state index contributed by atoms with van der Waals surface area (Å²) in [5.74, 6) is 0. The van der Waals surface area contributed by atoms with E-state index in [2.05, 4.69) is 5.32 Å². The smallest absolute Gasteiger partial charge is 0.263 e. The highest BCUT2D eigenvalue weighted by Gasteiger charge is 2.34. The van der Waals surface area contributed by atoms with Crippen molar-refractivity contribution in [1.29, 1.82) is 0 Å². The van der Waals surface area contributed by atoms with Crippen LogP contribution in [0.25, 0.3) is 0 Å². The van der Waals surface area contributed by atoms with E-state index in [4.69, 9.17) is 0 Å². The van der Waals surface area contributed by atoms with Crippen LogP contribution in [0, 0.1) is 20.2 Å². The highest BCUT2D eigenvalue weighted by atomic mass is 16.6. The van der Waals surface area contributed by atoms with Gasteiger partial charge in [0.1, 0.15) is 0 Å². The Morgan fingerprint density at radius 2 is 2.18 bits per heavy atom. The first-order chi connectivity index (χ1) is 7.85. The van der Waals surface area contributed by atoms with Gasteiger partial charge in [-0.25, -0.2) is 0 Å². The van der Waals surface area contributed by atoms with E-state index in [1.54, 1.807) is 19.1 Å². The molecule has 1 N–H and O–H groups in total. The molecule has 94 valence electrons. The summed E-state index contributed by atoms with van der Waals surface area (Å²) in [4.78, 5) is 20.4. The maximum Gasteiger partial charge on any atom is 0.263 e. The summed E-state index contributed by atoms with van der Waals surface area (Å²) in [5.41, 5.74) is -0.226. The lowest BCUT2D eigenvalue weighted by molar-refractivity contribution is -0.549. The molecule has 0 aliphatic heterocycles. The molecule has 0 aromatic rings. The van der Waals surface area contributed by atoms with Crippen molar-refractivity contribution in [3.63, 3.8) is 0 Å². The van der Waals surface area contributed by atoms with Gasteiger partial charge in [0.05, 0.1) is 0 Å². The second-order valence-electron chi connectivity index (χ2n) is 4.27. The molecule has 17 heavy (non-hydrogen) atoms. The molecule has 7 heteroatoms. The number of nitro groups is 2. The molecule has 1 rings (SSSR count). The molecule has 0 heterocycles. The van der Waals surface area contributed by atoms with E-state index < -0.39 is 16.6 Å². The summed E-state index contributed by atoms with van der Waals surface area (Å²) in [6, 6.07) is 0. The average molecular weight is 241 g/mol. The SMILES string of the molecule is CC(NCC1=CCC(C)([N+](=O)[O-])C=C1)[N+](=O)[O-]. The maximum absolute atomic E-state index is 10.8. The molecule has 0 saturated heterocycles. The first-order valence-electron chi connectivity index (χ1n) is 5.25. The summed E-state index contributed by atoms with van der Waals surface area (Å²) in [5, 5.41) is 23.9. The Kier molecular flexibility index (Phi) is 3.95. The van der Waals surface area contributed by atoms with Crippen LogP contribution in [0.15, 0.2) is 23.8 Å². The van der Waals surface area contributed by atoms with Gasteiger partial charge in [0.2, 0.25) is 5.54 Å². The molecule has 0 bridgehead atoms. The molecule has 1 aliphatic rings. The fourth-order valence-electron chi connectivity index (χ4n) is 1.37. The van der Waals surface area contributed by atoms with Gasteiger partial charge in [-0.2, -0.15) is 0 Å². The molecule has 0 spiro atoms. The van der Waals surface area contributed by atoms with E-state index in [0.29, 0.717) is 13.0 Å². The molecule has 0 aromatic carbocycles. The molecule has 0 radical (unpaired) electrons. The van der Waals surface area contributed by atoms with Crippen molar-refractivity contribution in [3.8, 4) is 0 Å². The minimum Gasteiger partial charge on any atom is -0.264 e.